The van der Waals surface area contributed by atoms with Gasteiger partial charge in [-0.2, -0.15) is 0 Å². The number of benzene rings is 2. The van der Waals surface area contributed by atoms with Crippen LogP contribution in [0.4, 0.5) is 17.2 Å². The molecule has 0 atom stereocenters. The Kier molecular flexibility index (Phi) is 5.21. The molecule has 2 aromatic carbocycles. The number of amides is 1. The third-order valence-corrected chi connectivity index (χ3v) is 4.34. The van der Waals surface area contributed by atoms with E-state index in [9.17, 15) is 4.79 Å². The lowest BCUT2D eigenvalue weighted by Gasteiger charge is -2.19. The summed E-state index contributed by atoms with van der Waals surface area (Å²) in [6.45, 7) is 6.55. The van der Waals surface area contributed by atoms with Crippen LogP contribution in [0.3, 0.4) is 0 Å². The molecular formula is C22H24N4O. The zero-order valence-corrected chi connectivity index (χ0v) is 16.1. The lowest BCUT2D eigenvalue weighted by Crippen LogP contribution is -2.27. The van der Waals surface area contributed by atoms with Gasteiger partial charge in [-0.1, -0.05) is 51.1 Å². The van der Waals surface area contributed by atoms with Crippen molar-refractivity contribution in [3.05, 3.63) is 78.2 Å². The van der Waals surface area contributed by atoms with E-state index in [2.05, 4.69) is 48.2 Å². The van der Waals surface area contributed by atoms with Crippen molar-refractivity contribution in [2.45, 2.75) is 26.2 Å². The number of nitrogens with one attached hydrogen (secondary N) is 1. The maximum atomic E-state index is 12.5. The van der Waals surface area contributed by atoms with Crippen LogP contribution in [0.5, 0.6) is 0 Å². The Morgan fingerprint density at radius 1 is 0.926 bits per heavy atom. The van der Waals surface area contributed by atoms with Crippen molar-refractivity contribution in [2.24, 2.45) is 0 Å². The van der Waals surface area contributed by atoms with Crippen molar-refractivity contribution < 1.29 is 4.79 Å². The van der Waals surface area contributed by atoms with E-state index in [1.807, 2.05) is 42.5 Å². The third-order valence-electron chi connectivity index (χ3n) is 4.34. The van der Waals surface area contributed by atoms with E-state index < -0.39 is 0 Å². The topological polar surface area (TPSA) is 58.1 Å². The number of carbonyl (C=O) groups is 1. The van der Waals surface area contributed by atoms with Gasteiger partial charge in [-0.15, -0.1) is 0 Å². The smallest absolute Gasteiger partial charge is 0.278 e. The second-order valence-corrected chi connectivity index (χ2v) is 7.44. The van der Waals surface area contributed by atoms with Gasteiger partial charge in [0.1, 0.15) is 11.5 Å². The van der Waals surface area contributed by atoms with Gasteiger partial charge in [0.05, 0.1) is 12.4 Å². The molecule has 138 valence electrons. The standard InChI is InChI=1S/C22H24N4O/c1-22(2,3)16-10-12-17(13-11-16)25-20-15-23-19(14-24-20)21(27)26(4)18-8-6-5-7-9-18/h5-15H,1-4H3,(H,24,25). The lowest BCUT2D eigenvalue weighted by molar-refractivity contribution is 0.0988. The van der Waals surface area contributed by atoms with E-state index in [-0.39, 0.29) is 11.3 Å². The molecule has 1 N–H and O–H groups in total. The molecule has 3 rings (SSSR count). The van der Waals surface area contributed by atoms with Crippen LogP contribution >= 0.6 is 0 Å². The van der Waals surface area contributed by atoms with Gasteiger partial charge >= 0.3 is 0 Å². The summed E-state index contributed by atoms with van der Waals surface area (Å²) in [4.78, 5) is 22.7. The number of aromatic nitrogens is 2. The van der Waals surface area contributed by atoms with Crippen molar-refractivity contribution in [3.8, 4) is 0 Å². The summed E-state index contributed by atoms with van der Waals surface area (Å²) in [5.74, 6) is 0.396. The maximum absolute atomic E-state index is 12.5. The number of anilines is 3. The van der Waals surface area contributed by atoms with E-state index in [1.165, 1.54) is 11.8 Å². The first-order chi connectivity index (χ1) is 12.8. The van der Waals surface area contributed by atoms with Crippen LogP contribution in [-0.4, -0.2) is 22.9 Å². The molecule has 0 unspecified atom stereocenters. The van der Waals surface area contributed by atoms with Gasteiger partial charge in [0, 0.05) is 18.4 Å². The average molecular weight is 360 g/mol. The number of rotatable bonds is 4. The van der Waals surface area contributed by atoms with Crippen LogP contribution in [0.2, 0.25) is 0 Å². The van der Waals surface area contributed by atoms with Crippen molar-refractivity contribution in [1.29, 1.82) is 0 Å². The van der Waals surface area contributed by atoms with Gasteiger partial charge in [-0.3, -0.25) is 4.79 Å². The molecule has 5 nitrogen and oxygen atoms in total. The highest BCUT2D eigenvalue weighted by Crippen LogP contribution is 2.24. The Labute approximate surface area is 160 Å². The van der Waals surface area contributed by atoms with E-state index in [1.54, 1.807) is 18.1 Å². The van der Waals surface area contributed by atoms with Gasteiger partial charge in [-0.05, 0) is 35.2 Å². The molecule has 0 bridgehead atoms. The fraction of sp³-hybridized carbons (Fsp3) is 0.227. The molecule has 0 spiro atoms. The van der Waals surface area contributed by atoms with Crippen LogP contribution in [0, 0.1) is 0 Å². The monoisotopic (exact) mass is 360 g/mol. The van der Waals surface area contributed by atoms with Crippen LogP contribution in [0.15, 0.2) is 67.0 Å². The average Bonchev–Trinajstić information content (AvgIpc) is 2.68. The van der Waals surface area contributed by atoms with Gasteiger partial charge in [0.2, 0.25) is 0 Å². The quantitative estimate of drug-likeness (QED) is 0.726. The predicted octanol–water partition coefficient (Wildman–Crippen LogP) is 4.79. The highest BCUT2D eigenvalue weighted by atomic mass is 16.2. The summed E-state index contributed by atoms with van der Waals surface area (Å²) in [6, 6.07) is 17.7. The summed E-state index contributed by atoms with van der Waals surface area (Å²) in [5.41, 5.74) is 3.42. The normalized spacial score (nSPS) is 11.1. The van der Waals surface area contributed by atoms with Crippen molar-refractivity contribution in [2.75, 3.05) is 17.3 Å². The molecule has 0 fully saturated rings. The molecule has 27 heavy (non-hydrogen) atoms. The van der Waals surface area contributed by atoms with Gasteiger partial charge < -0.3 is 10.2 Å². The lowest BCUT2D eigenvalue weighted by atomic mass is 9.87. The van der Waals surface area contributed by atoms with E-state index in [0.29, 0.717) is 11.5 Å². The number of carbonyl (C=O) groups excluding carboxylic acids is 1. The Morgan fingerprint density at radius 3 is 2.15 bits per heavy atom. The summed E-state index contributed by atoms with van der Waals surface area (Å²) in [7, 11) is 1.72. The zero-order chi connectivity index (χ0) is 19.4. The molecule has 1 aromatic heterocycles. The number of hydrogen-bond acceptors (Lipinski definition) is 4. The molecule has 0 radical (unpaired) electrons. The molecule has 0 saturated heterocycles. The van der Waals surface area contributed by atoms with Crippen LogP contribution < -0.4 is 10.2 Å². The summed E-state index contributed by atoms with van der Waals surface area (Å²) >= 11 is 0. The molecule has 0 aliphatic rings. The number of para-hydroxylation sites is 1. The fourth-order valence-corrected chi connectivity index (χ4v) is 2.65. The van der Waals surface area contributed by atoms with Crippen molar-refractivity contribution >= 4 is 23.1 Å². The molecule has 0 aliphatic heterocycles. The number of nitrogens with zero attached hydrogens (tertiary/aromatic N) is 3. The zero-order valence-electron chi connectivity index (χ0n) is 16.1. The molecule has 0 saturated carbocycles. The molecule has 5 heteroatoms. The van der Waals surface area contributed by atoms with Crippen molar-refractivity contribution in [1.82, 2.24) is 9.97 Å². The maximum Gasteiger partial charge on any atom is 0.278 e. The Hall–Kier alpha value is -3.21. The minimum Gasteiger partial charge on any atom is -0.339 e. The first kappa shape index (κ1) is 18.6. The second kappa shape index (κ2) is 7.58. The van der Waals surface area contributed by atoms with E-state index in [0.717, 1.165) is 11.4 Å². The Bertz CT molecular complexity index is 898. The third kappa shape index (κ3) is 4.50. The molecule has 1 amide bonds. The highest BCUT2D eigenvalue weighted by Gasteiger charge is 2.15. The molecule has 0 aliphatic carbocycles. The second-order valence-electron chi connectivity index (χ2n) is 7.44. The fourth-order valence-electron chi connectivity index (χ4n) is 2.65. The van der Waals surface area contributed by atoms with Crippen LogP contribution in [0.1, 0.15) is 36.8 Å². The van der Waals surface area contributed by atoms with Gasteiger partial charge in [0.15, 0.2) is 0 Å². The molecule has 1 heterocycles. The molecule has 3 aromatic rings. The van der Waals surface area contributed by atoms with Crippen molar-refractivity contribution in [3.63, 3.8) is 0 Å². The largest absolute Gasteiger partial charge is 0.339 e. The Morgan fingerprint density at radius 2 is 1.59 bits per heavy atom. The summed E-state index contributed by atoms with van der Waals surface area (Å²) in [5, 5.41) is 3.21. The van der Waals surface area contributed by atoms with E-state index >= 15 is 0 Å². The Balaban J connectivity index is 1.69. The minimum absolute atomic E-state index is 0.116. The summed E-state index contributed by atoms with van der Waals surface area (Å²) in [6.07, 6.45) is 3.07. The molecular weight excluding hydrogens is 336 g/mol. The highest BCUT2D eigenvalue weighted by molar-refractivity contribution is 6.04. The SMILES string of the molecule is CN(C(=O)c1cnc(Nc2ccc(C(C)(C)C)cc2)cn1)c1ccccc1. The van der Waals surface area contributed by atoms with Gasteiger partial charge in [-0.25, -0.2) is 9.97 Å². The van der Waals surface area contributed by atoms with E-state index in [4.69, 9.17) is 0 Å². The predicted molar refractivity (Wildman–Crippen MR) is 110 cm³/mol. The first-order valence-electron chi connectivity index (χ1n) is 8.87. The minimum atomic E-state index is -0.199. The van der Waals surface area contributed by atoms with Gasteiger partial charge in [0.25, 0.3) is 5.91 Å². The first-order valence-corrected chi connectivity index (χ1v) is 8.87. The number of hydrogen-bond donors (Lipinski definition) is 1. The van der Waals surface area contributed by atoms with Crippen LogP contribution in [0.25, 0.3) is 0 Å². The summed E-state index contributed by atoms with van der Waals surface area (Å²) < 4.78 is 0. The van der Waals surface area contributed by atoms with Crippen LogP contribution in [-0.2, 0) is 5.41 Å².